The smallest absolute Gasteiger partial charge is 0.217 e. The largest absolute Gasteiger partial charge is 0.468 e. The second-order valence-corrected chi connectivity index (χ2v) is 9.63. The first-order chi connectivity index (χ1) is 11.7. The summed E-state index contributed by atoms with van der Waals surface area (Å²) in [5.74, 6) is -0.153. The molecule has 1 amide bonds. The van der Waals surface area contributed by atoms with Crippen molar-refractivity contribution in [2.75, 3.05) is 0 Å². The van der Waals surface area contributed by atoms with E-state index in [1.807, 2.05) is 0 Å². The standard InChI is InChI=1S/C18H37NO.CH8OSi2/c1-2-3-4-5-6-7-8-9-10-11-12-13-14-15-16-17-18(19)20;1-4-2-3/h2-17H2,1H3,(H2,19,20);4H2,1,3H3. The average molecular weight is 376 g/mol. The molecule has 3 nitrogen and oxygen atoms in total. The van der Waals surface area contributed by atoms with Crippen LogP contribution in [0.5, 0.6) is 0 Å². The Balaban J connectivity index is 0. The predicted octanol–water partition coefficient (Wildman–Crippen LogP) is 4.15. The molecule has 5 heteroatoms. The normalized spacial score (nSPS) is 10.9. The van der Waals surface area contributed by atoms with Gasteiger partial charge in [0, 0.05) is 6.42 Å². The first-order valence-electron chi connectivity index (χ1n) is 10.5. The van der Waals surface area contributed by atoms with Gasteiger partial charge in [0.15, 0.2) is 0 Å². The van der Waals surface area contributed by atoms with Crippen molar-refractivity contribution in [3.63, 3.8) is 0 Å². The summed E-state index contributed by atoms with van der Waals surface area (Å²) in [5.41, 5.74) is 5.11. The van der Waals surface area contributed by atoms with Gasteiger partial charge in [0.2, 0.25) is 5.91 Å². The zero-order valence-corrected chi connectivity index (χ0v) is 20.3. The van der Waals surface area contributed by atoms with E-state index in [0.29, 0.717) is 6.42 Å². The van der Waals surface area contributed by atoms with Crippen molar-refractivity contribution in [3.05, 3.63) is 0 Å². The molecule has 0 radical (unpaired) electrons. The molecule has 0 aliphatic carbocycles. The second kappa shape index (κ2) is 25.1. The summed E-state index contributed by atoms with van der Waals surface area (Å²) < 4.78 is 4.82. The van der Waals surface area contributed by atoms with Crippen molar-refractivity contribution in [1.82, 2.24) is 0 Å². The molecule has 0 unspecified atom stereocenters. The number of primary amides is 1. The summed E-state index contributed by atoms with van der Waals surface area (Å²) >= 11 is 0. The van der Waals surface area contributed by atoms with Gasteiger partial charge in [0.05, 0.1) is 0 Å². The maximum atomic E-state index is 10.6. The molecule has 0 bridgehead atoms. The molecule has 0 heterocycles. The van der Waals surface area contributed by atoms with E-state index in [1.165, 1.54) is 89.9 Å². The van der Waals surface area contributed by atoms with Crippen LogP contribution in [-0.4, -0.2) is 26.2 Å². The molecule has 0 aromatic carbocycles. The Bertz CT molecular complexity index is 239. The first kappa shape index (κ1) is 26.1. The van der Waals surface area contributed by atoms with Gasteiger partial charge in [-0.3, -0.25) is 4.79 Å². The molecule has 0 aromatic heterocycles. The SMILES string of the molecule is CCCCCCCCCCCCCCCCCC(N)=O.C[SiH2]O[SiH3]. The van der Waals surface area contributed by atoms with E-state index < -0.39 is 0 Å². The first-order valence-corrected chi connectivity index (χ1v) is 13.3. The highest BCUT2D eigenvalue weighted by molar-refractivity contribution is 6.32. The molecule has 0 aromatic rings. The fourth-order valence-electron chi connectivity index (χ4n) is 2.67. The maximum absolute atomic E-state index is 10.6. The van der Waals surface area contributed by atoms with E-state index >= 15 is 0 Å². The minimum atomic E-state index is -0.153. The molecule has 146 valence electrons. The lowest BCUT2D eigenvalue weighted by Crippen LogP contribution is -2.09. The lowest BCUT2D eigenvalue weighted by molar-refractivity contribution is -0.118. The molecule has 0 spiro atoms. The fourth-order valence-corrected chi connectivity index (χ4v) is 2.67. The second-order valence-electron chi connectivity index (χ2n) is 6.74. The predicted molar refractivity (Wildman–Crippen MR) is 114 cm³/mol. The minimum absolute atomic E-state index is 0.0139. The van der Waals surface area contributed by atoms with Crippen molar-refractivity contribution < 1.29 is 8.91 Å². The number of amides is 1. The van der Waals surface area contributed by atoms with E-state index in [1.54, 1.807) is 0 Å². The number of carbonyl (C=O) groups excluding carboxylic acids is 1. The zero-order valence-electron chi connectivity index (χ0n) is 16.9. The molecule has 0 aliphatic rings. The third-order valence-corrected chi connectivity index (χ3v) is 6.62. The zero-order chi connectivity index (χ0) is 18.3. The number of hydrogen-bond donors (Lipinski definition) is 1. The summed E-state index contributed by atoms with van der Waals surface area (Å²) in [7, 11) is 0.938. The van der Waals surface area contributed by atoms with Crippen LogP contribution in [0.4, 0.5) is 0 Å². The number of hydrogen-bond acceptors (Lipinski definition) is 2. The van der Waals surface area contributed by atoms with Gasteiger partial charge in [-0.15, -0.1) is 0 Å². The Labute approximate surface area is 157 Å². The molecule has 0 atom stereocenters. The third-order valence-electron chi connectivity index (χ3n) is 4.32. The summed E-state index contributed by atoms with van der Waals surface area (Å²) in [4.78, 5) is 10.6. The van der Waals surface area contributed by atoms with Crippen molar-refractivity contribution in [2.45, 2.75) is 116 Å². The summed E-state index contributed by atoms with van der Waals surface area (Å²) in [5, 5.41) is 0. The molecule has 24 heavy (non-hydrogen) atoms. The summed E-state index contributed by atoms with van der Waals surface area (Å²) in [6, 6.07) is 0. The average Bonchev–Trinajstić information content (AvgIpc) is 2.58. The number of rotatable bonds is 17. The molecule has 0 aliphatic heterocycles. The van der Waals surface area contributed by atoms with Crippen LogP contribution in [-0.2, 0) is 8.91 Å². The van der Waals surface area contributed by atoms with Gasteiger partial charge in [-0.05, 0) is 6.42 Å². The highest BCUT2D eigenvalue weighted by atomic mass is 28.3. The maximum Gasteiger partial charge on any atom is 0.217 e. The van der Waals surface area contributed by atoms with Crippen LogP contribution < -0.4 is 5.73 Å². The van der Waals surface area contributed by atoms with Gasteiger partial charge in [-0.25, -0.2) is 0 Å². The van der Waals surface area contributed by atoms with Gasteiger partial charge in [-0.2, -0.15) is 0 Å². The Morgan fingerprint density at radius 1 is 0.792 bits per heavy atom. The lowest BCUT2D eigenvalue weighted by Gasteiger charge is -2.03. The molecular formula is C19H45NO2Si2. The monoisotopic (exact) mass is 375 g/mol. The molecule has 0 fully saturated rings. The van der Waals surface area contributed by atoms with Crippen LogP contribution in [0.3, 0.4) is 0 Å². The third kappa shape index (κ3) is 29.8. The molecular weight excluding hydrogens is 330 g/mol. The molecule has 0 rings (SSSR count). The Kier molecular flexibility index (Phi) is 27.3. The van der Waals surface area contributed by atoms with Crippen LogP contribution >= 0.6 is 0 Å². The van der Waals surface area contributed by atoms with Crippen LogP contribution in [0.15, 0.2) is 0 Å². The fraction of sp³-hybridized carbons (Fsp3) is 0.947. The molecule has 0 saturated carbocycles. The van der Waals surface area contributed by atoms with Crippen LogP contribution in [0, 0.1) is 0 Å². The van der Waals surface area contributed by atoms with E-state index in [2.05, 4.69) is 13.5 Å². The van der Waals surface area contributed by atoms with Gasteiger partial charge in [-0.1, -0.05) is 103 Å². The molecule has 2 N–H and O–H groups in total. The van der Waals surface area contributed by atoms with Gasteiger partial charge >= 0.3 is 0 Å². The van der Waals surface area contributed by atoms with Crippen LogP contribution in [0.25, 0.3) is 0 Å². The highest BCUT2D eigenvalue weighted by Crippen LogP contribution is 2.13. The van der Waals surface area contributed by atoms with E-state index in [0.717, 1.165) is 16.9 Å². The number of nitrogens with two attached hydrogens (primary N) is 1. The van der Waals surface area contributed by atoms with Gasteiger partial charge in [0.1, 0.15) is 20.2 Å². The summed E-state index contributed by atoms with van der Waals surface area (Å²) in [6.07, 6.45) is 20.9. The van der Waals surface area contributed by atoms with Gasteiger partial charge in [0.25, 0.3) is 0 Å². The van der Waals surface area contributed by atoms with E-state index in [4.69, 9.17) is 9.85 Å². The van der Waals surface area contributed by atoms with Crippen LogP contribution in [0.2, 0.25) is 6.55 Å². The highest BCUT2D eigenvalue weighted by Gasteiger charge is 1.96. The van der Waals surface area contributed by atoms with Crippen molar-refractivity contribution in [1.29, 1.82) is 0 Å². The Morgan fingerprint density at radius 2 is 1.08 bits per heavy atom. The number of carbonyl (C=O) groups is 1. The van der Waals surface area contributed by atoms with E-state index in [-0.39, 0.29) is 15.7 Å². The molecule has 0 saturated heterocycles. The van der Waals surface area contributed by atoms with E-state index in [9.17, 15) is 4.79 Å². The van der Waals surface area contributed by atoms with Gasteiger partial charge < -0.3 is 9.85 Å². The van der Waals surface area contributed by atoms with Crippen LogP contribution in [0.1, 0.15) is 110 Å². The Hall–Kier alpha value is -0.136. The van der Waals surface area contributed by atoms with Crippen molar-refractivity contribution in [3.8, 4) is 0 Å². The topological polar surface area (TPSA) is 52.3 Å². The number of unbranched alkanes of at least 4 members (excludes halogenated alkanes) is 14. The lowest BCUT2D eigenvalue weighted by atomic mass is 10.0. The Morgan fingerprint density at radius 3 is 1.33 bits per heavy atom. The summed E-state index contributed by atoms with van der Waals surface area (Å²) in [6.45, 7) is 4.41. The minimum Gasteiger partial charge on any atom is -0.468 e. The van der Waals surface area contributed by atoms with Crippen molar-refractivity contribution >= 4 is 26.2 Å². The van der Waals surface area contributed by atoms with Crippen molar-refractivity contribution in [2.24, 2.45) is 5.73 Å². The quantitative estimate of drug-likeness (QED) is 0.307.